The van der Waals surface area contributed by atoms with E-state index < -0.39 is 0 Å². The molecular formula is C24H31Cl2N3O. The molecule has 0 saturated carbocycles. The number of rotatable bonds is 8. The van der Waals surface area contributed by atoms with Gasteiger partial charge in [0.15, 0.2) is 0 Å². The van der Waals surface area contributed by atoms with Crippen LogP contribution in [0, 0.1) is 0 Å². The lowest BCUT2D eigenvalue weighted by atomic mass is 10.0. The highest BCUT2D eigenvalue weighted by atomic mass is 35.5. The number of nitrogens with one attached hydrogen (secondary N) is 1. The molecule has 3 rings (SSSR count). The molecule has 0 spiro atoms. The number of benzene rings is 2. The van der Waals surface area contributed by atoms with E-state index in [0.717, 1.165) is 56.7 Å². The number of hydrogen-bond donors (Lipinski definition) is 1. The zero-order valence-corrected chi connectivity index (χ0v) is 19.3. The largest absolute Gasteiger partial charge is 0.348 e. The molecule has 1 fully saturated rings. The molecule has 1 N–H and O–H groups in total. The van der Waals surface area contributed by atoms with Crippen molar-refractivity contribution >= 4 is 29.1 Å². The van der Waals surface area contributed by atoms with Gasteiger partial charge < -0.3 is 5.32 Å². The number of nitrogens with zero attached hydrogens (tertiary/aromatic N) is 2. The van der Waals surface area contributed by atoms with Crippen molar-refractivity contribution in [2.45, 2.75) is 39.3 Å². The van der Waals surface area contributed by atoms with Crippen molar-refractivity contribution < 1.29 is 4.79 Å². The second-order valence-corrected chi connectivity index (χ2v) is 8.85. The van der Waals surface area contributed by atoms with Crippen LogP contribution in [-0.2, 0) is 17.8 Å². The number of halogens is 2. The predicted molar refractivity (Wildman–Crippen MR) is 125 cm³/mol. The maximum Gasteiger partial charge on any atom is 0.234 e. The highest BCUT2D eigenvalue weighted by Gasteiger charge is 2.21. The fourth-order valence-electron chi connectivity index (χ4n) is 3.85. The third-order valence-corrected chi connectivity index (χ3v) is 6.38. The molecule has 1 unspecified atom stereocenters. The van der Waals surface area contributed by atoms with Gasteiger partial charge in [0, 0.05) is 48.3 Å². The van der Waals surface area contributed by atoms with Gasteiger partial charge in [-0.1, -0.05) is 66.9 Å². The molecule has 1 atom stereocenters. The van der Waals surface area contributed by atoms with Crippen molar-refractivity contribution in [3.8, 4) is 0 Å². The summed E-state index contributed by atoms with van der Waals surface area (Å²) in [5.41, 5.74) is 3.46. The number of amides is 1. The Morgan fingerprint density at radius 1 is 1.00 bits per heavy atom. The molecule has 1 aliphatic rings. The summed E-state index contributed by atoms with van der Waals surface area (Å²) in [6.45, 7) is 8.89. The summed E-state index contributed by atoms with van der Waals surface area (Å²) in [6.07, 6.45) is 2.24. The fraction of sp³-hybridized carbons (Fsp3) is 0.458. The number of aryl methyl sites for hydroxylation is 1. The quantitative estimate of drug-likeness (QED) is 0.622. The zero-order valence-electron chi connectivity index (χ0n) is 17.8. The Kier molecular flexibility index (Phi) is 8.58. The van der Waals surface area contributed by atoms with Crippen LogP contribution in [0.5, 0.6) is 0 Å². The Labute approximate surface area is 190 Å². The Morgan fingerprint density at radius 3 is 2.20 bits per heavy atom. The van der Waals surface area contributed by atoms with E-state index in [1.807, 2.05) is 25.1 Å². The van der Waals surface area contributed by atoms with Crippen molar-refractivity contribution in [2.24, 2.45) is 0 Å². The number of piperazine rings is 1. The van der Waals surface area contributed by atoms with Crippen LogP contribution < -0.4 is 5.32 Å². The van der Waals surface area contributed by atoms with Gasteiger partial charge in [-0.15, -0.1) is 0 Å². The highest BCUT2D eigenvalue weighted by Crippen LogP contribution is 2.26. The van der Waals surface area contributed by atoms with Crippen LogP contribution in [0.1, 0.15) is 43.0 Å². The van der Waals surface area contributed by atoms with E-state index in [1.54, 1.807) is 0 Å². The molecule has 0 aliphatic carbocycles. The lowest BCUT2D eigenvalue weighted by molar-refractivity contribution is -0.123. The molecule has 0 aromatic heterocycles. The van der Waals surface area contributed by atoms with Crippen LogP contribution in [-0.4, -0.2) is 48.4 Å². The normalized spacial score (nSPS) is 16.4. The van der Waals surface area contributed by atoms with E-state index in [2.05, 4.69) is 46.3 Å². The molecule has 30 heavy (non-hydrogen) atoms. The number of hydrogen-bond acceptors (Lipinski definition) is 3. The van der Waals surface area contributed by atoms with Crippen molar-refractivity contribution in [1.29, 1.82) is 0 Å². The monoisotopic (exact) mass is 447 g/mol. The average Bonchev–Trinajstić information content (AvgIpc) is 2.73. The van der Waals surface area contributed by atoms with Gasteiger partial charge in [0.25, 0.3) is 0 Å². The van der Waals surface area contributed by atoms with E-state index in [-0.39, 0.29) is 11.9 Å². The summed E-state index contributed by atoms with van der Waals surface area (Å²) in [6, 6.07) is 14.2. The summed E-state index contributed by atoms with van der Waals surface area (Å²) in [5.74, 6) is 0.0720. The first-order valence-electron chi connectivity index (χ1n) is 10.7. The number of carbonyl (C=O) groups excluding carboxylic acids is 1. The lowest BCUT2D eigenvalue weighted by Crippen LogP contribution is -2.49. The van der Waals surface area contributed by atoms with Crippen LogP contribution in [0.2, 0.25) is 10.0 Å². The van der Waals surface area contributed by atoms with Gasteiger partial charge in [-0.3, -0.25) is 14.6 Å². The molecule has 2 aromatic rings. The second-order valence-electron chi connectivity index (χ2n) is 8.03. The fourth-order valence-corrected chi connectivity index (χ4v) is 4.36. The summed E-state index contributed by atoms with van der Waals surface area (Å²) >= 11 is 12.6. The average molecular weight is 448 g/mol. The van der Waals surface area contributed by atoms with Gasteiger partial charge in [-0.05, 0) is 36.6 Å². The molecule has 4 nitrogen and oxygen atoms in total. The molecule has 162 valence electrons. The van der Waals surface area contributed by atoms with Gasteiger partial charge in [0.2, 0.25) is 5.91 Å². The lowest BCUT2D eigenvalue weighted by Gasteiger charge is -2.34. The van der Waals surface area contributed by atoms with E-state index in [0.29, 0.717) is 16.6 Å². The first-order valence-corrected chi connectivity index (χ1v) is 11.5. The van der Waals surface area contributed by atoms with Gasteiger partial charge in [0.05, 0.1) is 12.6 Å². The van der Waals surface area contributed by atoms with Crippen molar-refractivity contribution in [3.05, 3.63) is 69.2 Å². The smallest absolute Gasteiger partial charge is 0.234 e. The highest BCUT2D eigenvalue weighted by molar-refractivity contribution is 6.35. The number of carbonyl (C=O) groups is 1. The third kappa shape index (κ3) is 6.45. The molecule has 1 amide bonds. The first-order chi connectivity index (χ1) is 14.5. The maximum atomic E-state index is 12.5. The molecule has 1 saturated heterocycles. The van der Waals surface area contributed by atoms with Gasteiger partial charge in [-0.25, -0.2) is 0 Å². The van der Waals surface area contributed by atoms with Crippen LogP contribution in [0.25, 0.3) is 0 Å². The van der Waals surface area contributed by atoms with Crippen molar-refractivity contribution in [2.75, 3.05) is 32.7 Å². The minimum Gasteiger partial charge on any atom is -0.348 e. The molecule has 0 radical (unpaired) electrons. The second kappa shape index (κ2) is 11.1. The Hall–Kier alpha value is -1.59. The Bertz CT molecular complexity index is 813. The van der Waals surface area contributed by atoms with Crippen LogP contribution >= 0.6 is 23.2 Å². The molecule has 0 bridgehead atoms. The Balaban J connectivity index is 1.43. The molecule has 1 heterocycles. The summed E-state index contributed by atoms with van der Waals surface area (Å²) < 4.78 is 0. The van der Waals surface area contributed by atoms with E-state index in [1.165, 1.54) is 5.56 Å². The minimum absolute atomic E-state index is 0.0110. The first kappa shape index (κ1) is 23.1. The SMILES string of the molecule is CCCc1ccc(C(C)NC(=O)CN2CCN(Cc3c(Cl)cccc3Cl)CC2)cc1. The van der Waals surface area contributed by atoms with Gasteiger partial charge in [0.1, 0.15) is 0 Å². The van der Waals surface area contributed by atoms with E-state index in [4.69, 9.17) is 23.2 Å². The molecular weight excluding hydrogens is 417 g/mol. The van der Waals surface area contributed by atoms with Gasteiger partial charge >= 0.3 is 0 Å². The minimum atomic E-state index is 0.0110. The summed E-state index contributed by atoms with van der Waals surface area (Å²) in [4.78, 5) is 17.1. The van der Waals surface area contributed by atoms with Crippen LogP contribution in [0.4, 0.5) is 0 Å². The Morgan fingerprint density at radius 2 is 1.60 bits per heavy atom. The molecule has 2 aromatic carbocycles. The molecule has 6 heteroatoms. The van der Waals surface area contributed by atoms with E-state index in [9.17, 15) is 4.79 Å². The van der Waals surface area contributed by atoms with Crippen LogP contribution in [0.3, 0.4) is 0 Å². The standard InChI is InChI=1S/C24H31Cl2N3O/c1-3-5-19-8-10-20(11-9-19)18(2)27-24(30)17-29-14-12-28(13-15-29)16-21-22(25)6-4-7-23(21)26/h4,6-11,18H,3,5,12-17H2,1-2H3,(H,27,30). The van der Waals surface area contributed by atoms with Crippen molar-refractivity contribution in [1.82, 2.24) is 15.1 Å². The van der Waals surface area contributed by atoms with E-state index >= 15 is 0 Å². The third-order valence-electron chi connectivity index (χ3n) is 5.67. The predicted octanol–water partition coefficient (Wildman–Crippen LogP) is 4.94. The maximum absolute atomic E-state index is 12.5. The molecule has 1 aliphatic heterocycles. The van der Waals surface area contributed by atoms with Crippen LogP contribution in [0.15, 0.2) is 42.5 Å². The van der Waals surface area contributed by atoms with Gasteiger partial charge in [-0.2, -0.15) is 0 Å². The topological polar surface area (TPSA) is 35.6 Å². The summed E-state index contributed by atoms with van der Waals surface area (Å²) in [5, 5.41) is 4.55. The zero-order chi connectivity index (χ0) is 21.5. The summed E-state index contributed by atoms with van der Waals surface area (Å²) in [7, 11) is 0. The van der Waals surface area contributed by atoms with Crippen molar-refractivity contribution in [3.63, 3.8) is 0 Å².